The fourth-order valence-corrected chi connectivity index (χ4v) is 0.580. The molecule has 1 aromatic carbocycles. The molecule has 1 rings (SSSR count). The molecule has 0 atom stereocenters. The zero-order chi connectivity index (χ0) is 6.85. The molecule has 3 nitrogen and oxygen atoms in total. The van der Waals surface area contributed by atoms with Crippen LogP contribution in [0.25, 0.3) is 0 Å². The SMILES string of the molecule is Oc1cc(O)cc(O)c1.[KH]. The summed E-state index contributed by atoms with van der Waals surface area (Å²) in [7, 11) is 0. The molecule has 0 spiro atoms. The van der Waals surface area contributed by atoms with E-state index in [1.165, 1.54) is 0 Å². The van der Waals surface area contributed by atoms with Gasteiger partial charge in [-0.25, -0.2) is 0 Å². The molecule has 0 aliphatic rings. The van der Waals surface area contributed by atoms with E-state index in [0.29, 0.717) is 0 Å². The third-order valence-corrected chi connectivity index (χ3v) is 0.887. The van der Waals surface area contributed by atoms with E-state index in [1.54, 1.807) is 0 Å². The van der Waals surface area contributed by atoms with Crippen LogP contribution in [0.5, 0.6) is 17.2 Å². The van der Waals surface area contributed by atoms with Crippen molar-refractivity contribution in [3.05, 3.63) is 18.2 Å². The van der Waals surface area contributed by atoms with Crippen LogP contribution in [-0.2, 0) is 0 Å². The van der Waals surface area contributed by atoms with Gasteiger partial charge in [-0.15, -0.1) is 0 Å². The quantitative estimate of drug-likeness (QED) is 0.481. The fraction of sp³-hybridized carbons (Fsp3) is 0. The van der Waals surface area contributed by atoms with Crippen LogP contribution in [0, 0.1) is 0 Å². The van der Waals surface area contributed by atoms with Crippen LogP contribution in [0.4, 0.5) is 0 Å². The van der Waals surface area contributed by atoms with Gasteiger partial charge in [0.25, 0.3) is 0 Å². The summed E-state index contributed by atoms with van der Waals surface area (Å²) >= 11 is 0. The maximum absolute atomic E-state index is 8.67. The van der Waals surface area contributed by atoms with Crippen molar-refractivity contribution in [3.63, 3.8) is 0 Å². The first-order chi connectivity index (χ1) is 4.18. The molecule has 0 bridgehead atoms. The van der Waals surface area contributed by atoms with Gasteiger partial charge in [-0.3, -0.25) is 0 Å². The zero-order valence-corrected chi connectivity index (χ0v) is 4.57. The molecule has 0 heterocycles. The first kappa shape index (κ1) is 10.3. The van der Waals surface area contributed by atoms with Gasteiger partial charge in [0.15, 0.2) is 0 Å². The number of phenolic OH excluding ortho intramolecular Hbond substituents is 3. The maximum atomic E-state index is 8.67. The van der Waals surface area contributed by atoms with E-state index >= 15 is 0 Å². The molecule has 0 saturated heterocycles. The van der Waals surface area contributed by atoms with Gasteiger partial charge < -0.3 is 15.3 Å². The summed E-state index contributed by atoms with van der Waals surface area (Å²) < 4.78 is 0. The van der Waals surface area contributed by atoms with Crippen molar-refractivity contribution in [1.29, 1.82) is 0 Å². The van der Waals surface area contributed by atoms with Gasteiger partial charge in [0.1, 0.15) is 17.2 Å². The van der Waals surface area contributed by atoms with Crippen molar-refractivity contribution in [1.82, 2.24) is 0 Å². The van der Waals surface area contributed by atoms with Crippen molar-refractivity contribution in [2.75, 3.05) is 0 Å². The molecule has 10 heavy (non-hydrogen) atoms. The van der Waals surface area contributed by atoms with Crippen LogP contribution in [0.2, 0.25) is 0 Å². The van der Waals surface area contributed by atoms with Crippen LogP contribution in [0.1, 0.15) is 0 Å². The molecular formula is C6H7KO3. The first-order valence-corrected chi connectivity index (χ1v) is 2.40. The van der Waals surface area contributed by atoms with E-state index in [4.69, 9.17) is 15.3 Å². The summed E-state index contributed by atoms with van der Waals surface area (Å²) in [5.74, 6) is -0.437. The molecular weight excluding hydrogens is 159 g/mol. The Morgan fingerprint density at radius 1 is 0.700 bits per heavy atom. The third-order valence-electron chi connectivity index (χ3n) is 0.887. The molecule has 0 aliphatic carbocycles. The summed E-state index contributed by atoms with van der Waals surface area (Å²) in [4.78, 5) is 0. The Hall–Kier alpha value is 0.256. The van der Waals surface area contributed by atoms with Gasteiger partial charge in [0.05, 0.1) is 0 Å². The number of phenols is 3. The van der Waals surface area contributed by atoms with Gasteiger partial charge in [0, 0.05) is 18.2 Å². The Kier molecular flexibility index (Phi) is 4.31. The van der Waals surface area contributed by atoms with Gasteiger partial charge in [0.2, 0.25) is 0 Å². The van der Waals surface area contributed by atoms with Crippen LogP contribution in [0.3, 0.4) is 0 Å². The minimum atomic E-state index is -0.146. The normalized spacial score (nSPS) is 8.40. The van der Waals surface area contributed by atoms with E-state index in [9.17, 15) is 0 Å². The molecule has 0 radical (unpaired) electrons. The molecule has 0 amide bonds. The molecule has 0 fully saturated rings. The average Bonchev–Trinajstić information content (AvgIpc) is 1.59. The molecule has 0 saturated carbocycles. The third kappa shape index (κ3) is 2.89. The van der Waals surface area contributed by atoms with E-state index in [0.717, 1.165) is 18.2 Å². The van der Waals surface area contributed by atoms with Gasteiger partial charge in [-0.1, -0.05) is 0 Å². The Morgan fingerprint density at radius 2 is 0.900 bits per heavy atom. The summed E-state index contributed by atoms with van der Waals surface area (Å²) in [6.45, 7) is 0. The predicted molar refractivity (Wildman–Crippen MR) is 38.6 cm³/mol. The minimum absolute atomic E-state index is 0. The van der Waals surface area contributed by atoms with E-state index in [-0.39, 0.29) is 68.6 Å². The molecule has 3 N–H and O–H groups in total. The van der Waals surface area contributed by atoms with Crippen molar-refractivity contribution in [3.8, 4) is 17.2 Å². The number of aromatic hydroxyl groups is 3. The van der Waals surface area contributed by atoms with Crippen molar-refractivity contribution in [2.45, 2.75) is 0 Å². The van der Waals surface area contributed by atoms with E-state index in [1.807, 2.05) is 0 Å². The molecule has 50 valence electrons. The van der Waals surface area contributed by atoms with E-state index in [2.05, 4.69) is 0 Å². The van der Waals surface area contributed by atoms with Crippen molar-refractivity contribution in [2.24, 2.45) is 0 Å². The Bertz CT molecular complexity index is 174. The van der Waals surface area contributed by atoms with Crippen LogP contribution in [0.15, 0.2) is 18.2 Å². The summed E-state index contributed by atoms with van der Waals surface area (Å²) in [5, 5.41) is 26.0. The first-order valence-electron chi connectivity index (χ1n) is 2.40. The predicted octanol–water partition coefficient (Wildman–Crippen LogP) is 0.155. The van der Waals surface area contributed by atoms with Crippen molar-refractivity contribution < 1.29 is 15.3 Å². The second-order valence-electron chi connectivity index (χ2n) is 1.71. The standard InChI is InChI=1S/C6H6O3.K.H/c7-4-1-5(8)3-6(9)2-4;;/h1-3,7-9H;;. The molecule has 0 aliphatic heterocycles. The van der Waals surface area contributed by atoms with Crippen LogP contribution in [-0.4, -0.2) is 66.7 Å². The van der Waals surface area contributed by atoms with Crippen LogP contribution < -0.4 is 0 Å². The molecule has 1 aromatic rings. The Morgan fingerprint density at radius 3 is 1.10 bits per heavy atom. The average molecular weight is 166 g/mol. The fourth-order valence-electron chi connectivity index (χ4n) is 0.580. The summed E-state index contributed by atoms with van der Waals surface area (Å²) in [5.41, 5.74) is 0. The second kappa shape index (κ2) is 4.20. The monoisotopic (exact) mass is 166 g/mol. The van der Waals surface area contributed by atoms with Crippen molar-refractivity contribution >= 4 is 51.4 Å². The number of hydrogen-bond acceptors (Lipinski definition) is 3. The van der Waals surface area contributed by atoms with Gasteiger partial charge >= 0.3 is 51.4 Å². The molecule has 0 unspecified atom stereocenters. The number of rotatable bonds is 0. The molecule has 0 aromatic heterocycles. The Labute approximate surface area is 101 Å². The van der Waals surface area contributed by atoms with E-state index < -0.39 is 0 Å². The second-order valence-corrected chi connectivity index (χ2v) is 1.71. The Balaban J connectivity index is 0.000000810. The topological polar surface area (TPSA) is 60.7 Å². The summed E-state index contributed by atoms with van der Waals surface area (Å²) in [6, 6.07) is 3.42. The number of hydrogen-bond donors (Lipinski definition) is 3. The summed E-state index contributed by atoms with van der Waals surface area (Å²) in [6.07, 6.45) is 0. The molecule has 4 heteroatoms. The van der Waals surface area contributed by atoms with Gasteiger partial charge in [-0.2, -0.15) is 0 Å². The number of benzene rings is 1. The van der Waals surface area contributed by atoms with Gasteiger partial charge in [-0.05, 0) is 0 Å². The zero-order valence-electron chi connectivity index (χ0n) is 4.57. The van der Waals surface area contributed by atoms with Crippen LogP contribution >= 0.6 is 0 Å².